The Morgan fingerprint density at radius 1 is 1.04 bits per heavy atom. The minimum absolute atomic E-state index is 0.0888. The van der Waals surface area contributed by atoms with Gasteiger partial charge in [-0.15, -0.1) is 0 Å². The third-order valence-electron chi connectivity index (χ3n) is 4.55. The van der Waals surface area contributed by atoms with Crippen molar-refractivity contribution in [2.45, 2.75) is 12.6 Å². The summed E-state index contributed by atoms with van der Waals surface area (Å²) >= 11 is 0. The number of likely N-dealkylation sites (N-methyl/N-ethyl adjacent to an activating group) is 1. The quantitative estimate of drug-likeness (QED) is 0.693. The van der Waals surface area contributed by atoms with Crippen LogP contribution < -0.4 is 16.6 Å². The highest BCUT2D eigenvalue weighted by atomic mass is 16.2. The summed E-state index contributed by atoms with van der Waals surface area (Å²) in [6.07, 6.45) is 1.62. The molecule has 1 amide bonds. The second kappa shape index (κ2) is 8.43. The van der Waals surface area contributed by atoms with Crippen LogP contribution in [0, 0.1) is 0 Å². The van der Waals surface area contributed by atoms with Crippen LogP contribution in [0.25, 0.3) is 0 Å². The number of hydrogen-bond acceptors (Lipinski definition) is 4. The third-order valence-corrected chi connectivity index (χ3v) is 4.55. The lowest BCUT2D eigenvalue weighted by Crippen LogP contribution is -2.38. The van der Waals surface area contributed by atoms with Crippen molar-refractivity contribution in [1.29, 1.82) is 0 Å². The predicted molar refractivity (Wildman–Crippen MR) is 112 cm³/mol. The Bertz CT molecular complexity index is 998. The van der Waals surface area contributed by atoms with Crippen molar-refractivity contribution < 1.29 is 4.79 Å². The molecule has 2 aromatic carbocycles. The van der Waals surface area contributed by atoms with E-state index < -0.39 is 11.6 Å². The summed E-state index contributed by atoms with van der Waals surface area (Å²) in [6.45, 7) is 0.549. The summed E-state index contributed by atoms with van der Waals surface area (Å²) in [5.74, 6) is -0.197. The first-order valence-corrected chi connectivity index (χ1v) is 9.03. The van der Waals surface area contributed by atoms with Crippen LogP contribution in [0.2, 0.25) is 0 Å². The number of nitrogens with two attached hydrogens (primary N) is 1. The highest BCUT2D eigenvalue weighted by Crippen LogP contribution is 2.22. The molecule has 0 fully saturated rings. The third kappa shape index (κ3) is 4.06. The Balaban J connectivity index is 1.95. The first-order chi connectivity index (χ1) is 13.5. The zero-order valence-corrected chi connectivity index (χ0v) is 16.0. The lowest BCUT2D eigenvalue weighted by atomic mass is 10.1. The van der Waals surface area contributed by atoms with E-state index in [1.54, 1.807) is 26.4 Å². The van der Waals surface area contributed by atoms with E-state index in [1.165, 1.54) is 9.47 Å². The molecule has 6 nitrogen and oxygen atoms in total. The van der Waals surface area contributed by atoms with Crippen molar-refractivity contribution in [3.8, 4) is 0 Å². The van der Waals surface area contributed by atoms with Crippen molar-refractivity contribution in [2.24, 2.45) is 0 Å². The van der Waals surface area contributed by atoms with Crippen molar-refractivity contribution >= 4 is 17.3 Å². The second-order valence-corrected chi connectivity index (χ2v) is 6.74. The van der Waals surface area contributed by atoms with E-state index in [0.29, 0.717) is 12.2 Å². The van der Waals surface area contributed by atoms with Crippen LogP contribution in [0.15, 0.2) is 77.7 Å². The summed E-state index contributed by atoms with van der Waals surface area (Å²) in [5, 5.41) is 3.19. The van der Waals surface area contributed by atoms with Crippen LogP contribution in [0.1, 0.15) is 17.2 Å². The number of anilines is 2. The van der Waals surface area contributed by atoms with Crippen molar-refractivity contribution in [2.75, 3.05) is 25.1 Å². The number of benzene rings is 2. The molecule has 0 spiro atoms. The highest BCUT2D eigenvalue weighted by molar-refractivity contribution is 5.83. The number of nitrogens with zero attached hydrogens (tertiary/aromatic N) is 2. The van der Waals surface area contributed by atoms with Gasteiger partial charge >= 0.3 is 0 Å². The molecule has 0 saturated heterocycles. The molecule has 0 aliphatic rings. The van der Waals surface area contributed by atoms with E-state index in [1.807, 2.05) is 60.7 Å². The maximum absolute atomic E-state index is 13.0. The molecule has 1 heterocycles. The van der Waals surface area contributed by atoms with Crippen molar-refractivity contribution in [3.63, 3.8) is 0 Å². The Hall–Kier alpha value is -3.54. The van der Waals surface area contributed by atoms with Gasteiger partial charge in [-0.3, -0.25) is 14.2 Å². The number of aromatic nitrogens is 1. The molecule has 1 atom stereocenters. The lowest BCUT2D eigenvalue weighted by Gasteiger charge is -2.24. The van der Waals surface area contributed by atoms with Gasteiger partial charge in [0.1, 0.15) is 11.7 Å². The number of pyridine rings is 1. The lowest BCUT2D eigenvalue weighted by molar-refractivity contribution is -0.131. The largest absolute Gasteiger partial charge is 0.393 e. The van der Waals surface area contributed by atoms with Crippen LogP contribution >= 0.6 is 0 Å². The zero-order valence-electron chi connectivity index (χ0n) is 16.0. The van der Waals surface area contributed by atoms with Crippen LogP contribution in [-0.4, -0.2) is 29.5 Å². The summed E-state index contributed by atoms with van der Waals surface area (Å²) in [7, 11) is 3.34. The van der Waals surface area contributed by atoms with Gasteiger partial charge in [0.05, 0.1) is 5.69 Å². The molecule has 0 aliphatic heterocycles. The Morgan fingerprint density at radius 2 is 1.64 bits per heavy atom. The molecule has 0 radical (unpaired) electrons. The van der Waals surface area contributed by atoms with E-state index in [0.717, 1.165) is 11.1 Å². The smallest absolute Gasteiger partial charge is 0.276 e. The molecular formula is C22H24N4O2. The predicted octanol–water partition coefficient (Wildman–Crippen LogP) is 2.72. The number of nitrogens with one attached hydrogen (secondary N) is 1. The van der Waals surface area contributed by atoms with Crippen LogP contribution in [0.4, 0.5) is 11.4 Å². The van der Waals surface area contributed by atoms with E-state index in [2.05, 4.69) is 5.32 Å². The van der Waals surface area contributed by atoms with Gasteiger partial charge in [0.25, 0.3) is 5.56 Å². The fraction of sp³-hybridized carbons (Fsp3) is 0.182. The van der Waals surface area contributed by atoms with Crippen LogP contribution in [0.3, 0.4) is 0 Å². The highest BCUT2D eigenvalue weighted by Gasteiger charge is 2.26. The number of carbonyl (C=O) groups is 1. The SMILES string of the molecule is CN(C)C(=O)C(c1ccccc1)n1ccc(NCc2ccccc2)c(N)c1=O. The van der Waals surface area contributed by atoms with Gasteiger partial charge in [0.2, 0.25) is 5.91 Å². The molecule has 0 saturated carbocycles. The van der Waals surface area contributed by atoms with Gasteiger partial charge in [-0.25, -0.2) is 0 Å². The molecule has 0 bridgehead atoms. The number of carbonyl (C=O) groups excluding carboxylic acids is 1. The molecule has 3 aromatic rings. The number of rotatable bonds is 6. The second-order valence-electron chi connectivity index (χ2n) is 6.74. The van der Waals surface area contributed by atoms with Crippen molar-refractivity contribution in [1.82, 2.24) is 9.47 Å². The number of hydrogen-bond donors (Lipinski definition) is 2. The number of nitrogen functional groups attached to an aromatic ring is 1. The maximum Gasteiger partial charge on any atom is 0.276 e. The van der Waals surface area contributed by atoms with E-state index >= 15 is 0 Å². The van der Waals surface area contributed by atoms with Crippen molar-refractivity contribution in [3.05, 3.63) is 94.4 Å². The van der Waals surface area contributed by atoms with Gasteiger partial charge in [-0.1, -0.05) is 60.7 Å². The fourth-order valence-electron chi connectivity index (χ4n) is 3.02. The topological polar surface area (TPSA) is 80.4 Å². The molecule has 1 unspecified atom stereocenters. The van der Waals surface area contributed by atoms with Gasteiger partial charge < -0.3 is 16.0 Å². The average molecular weight is 376 g/mol. The molecule has 28 heavy (non-hydrogen) atoms. The van der Waals surface area contributed by atoms with Gasteiger partial charge in [-0.2, -0.15) is 0 Å². The average Bonchev–Trinajstić information content (AvgIpc) is 2.72. The normalized spacial score (nSPS) is 11.6. The molecule has 1 aromatic heterocycles. The van der Waals surface area contributed by atoms with E-state index in [-0.39, 0.29) is 11.6 Å². The minimum Gasteiger partial charge on any atom is -0.393 e. The molecule has 3 N–H and O–H groups in total. The minimum atomic E-state index is -0.769. The molecule has 6 heteroatoms. The van der Waals surface area contributed by atoms with Gasteiger partial charge in [0, 0.05) is 26.8 Å². The zero-order chi connectivity index (χ0) is 20.1. The molecular weight excluding hydrogens is 352 g/mol. The first kappa shape index (κ1) is 19.2. The van der Waals surface area contributed by atoms with Gasteiger partial charge in [0.15, 0.2) is 0 Å². The fourth-order valence-corrected chi connectivity index (χ4v) is 3.02. The molecule has 0 aliphatic carbocycles. The monoisotopic (exact) mass is 376 g/mol. The first-order valence-electron chi connectivity index (χ1n) is 9.03. The Morgan fingerprint density at radius 3 is 2.25 bits per heavy atom. The molecule has 144 valence electrons. The molecule has 3 rings (SSSR count). The Kier molecular flexibility index (Phi) is 5.79. The van der Waals surface area contributed by atoms with E-state index in [9.17, 15) is 9.59 Å². The summed E-state index contributed by atoms with van der Waals surface area (Å²) in [6, 6.07) is 20.0. The van der Waals surface area contributed by atoms with Gasteiger partial charge in [-0.05, 0) is 17.2 Å². The summed E-state index contributed by atoms with van der Waals surface area (Å²) < 4.78 is 1.39. The Labute approximate surface area is 164 Å². The maximum atomic E-state index is 13.0. The van der Waals surface area contributed by atoms with E-state index in [4.69, 9.17) is 5.73 Å². The number of amides is 1. The standard InChI is InChI=1S/C22H24N4O2/c1-25(2)22(28)20(17-11-7-4-8-12-17)26-14-13-18(19(23)21(26)27)24-15-16-9-5-3-6-10-16/h3-14,20,24H,15,23H2,1-2H3. The van der Waals surface area contributed by atoms with Crippen LogP contribution in [-0.2, 0) is 11.3 Å². The summed E-state index contributed by atoms with van der Waals surface area (Å²) in [5.41, 5.74) is 8.17. The summed E-state index contributed by atoms with van der Waals surface area (Å²) in [4.78, 5) is 27.3. The van der Waals surface area contributed by atoms with Crippen LogP contribution in [0.5, 0.6) is 0 Å².